The Bertz CT molecular complexity index is 880. The highest BCUT2D eigenvalue weighted by Gasteiger charge is 2.07. The maximum Gasteiger partial charge on any atom is 0.307 e. The minimum Gasteiger partial charge on any atom is -0.494 e. The molecular weight excluding hydrogens is 334 g/mol. The van der Waals surface area contributed by atoms with Crippen LogP contribution in [0.15, 0.2) is 53.3 Å². The highest BCUT2D eigenvalue weighted by molar-refractivity contribution is 7.09. The number of hydrogen-bond donors (Lipinski definition) is 2. The van der Waals surface area contributed by atoms with Gasteiger partial charge < -0.3 is 9.84 Å². The number of aromatic amines is 1. The molecule has 5 heteroatoms. The zero-order chi connectivity index (χ0) is 17.6. The lowest BCUT2D eigenvalue weighted by molar-refractivity contribution is 0.322. The summed E-state index contributed by atoms with van der Waals surface area (Å²) < 4.78 is 5.81. The predicted octanol–water partition coefficient (Wildman–Crippen LogP) is 3.92. The summed E-state index contributed by atoms with van der Waals surface area (Å²) in [6, 6.07) is 16.3. The molecule has 0 aliphatic heterocycles. The van der Waals surface area contributed by atoms with Crippen molar-refractivity contribution < 1.29 is 9.84 Å². The van der Waals surface area contributed by atoms with E-state index in [4.69, 9.17) is 4.74 Å². The summed E-state index contributed by atoms with van der Waals surface area (Å²) in [6.45, 7) is 2.79. The van der Waals surface area contributed by atoms with E-state index in [1.54, 1.807) is 0 Å². The second kappa shape index (κ2) is 8.03. The molecule has 2 aromatic carbocycles. The van der Waals surface area contributed by atoms with Crippen LogP contribution in [0.3, 0.4) is 0 Å². The summed E-state index contributed by atoms with van der Waals surface area (Å²) in [6.07, 6.45) is 2.45. The van der Waals surface area contributed by atoms with Crippen molar-refractivity contribution in [3.8, 4) is 11.6 Å². The first-order valence-corrected chi connectivity index (χ1v) is 9.16. The van der Waals surface area contributed by atoms with E-state index >= 15 is 0 Å². The summed E-state index contributed by atoms with van der Waals surface area (Å²) in [5.74, 6) is 0.784. The van der Waals surface area contributed by atoms with E-state index in [2.05, 4.69) is 36.2 Å². The molecule has 0 aliphatic rings. The first-order valence-electron chi connectivity index (χ1n) is 8.34. The number of rotatable bonds is 7. The van der Waals surface area contributed by atoms with Crippen molar-refractivity contribution in [2.75, 3.05) is 6.61 Å². The van der Waals surface area contributed by atoms with Gasteiger partial charge in [-0.2, -0.15) is 0 Å². The maximum atomic E-state index is 11.2. The first-order chi connectivity index (χ1) is 12.1. The molecule has 1 aromatic heterocycles. The molecule has 4 nitrogen and oxygen atoms in total. The SMILES string of the molecule is CCc1cccc(CCOc2ccc(Cc3sc(=O)[nH]c3O)cc2)c1. The van der Waals surface area contributed by atoms with Crippen LogP contribution in [0.4, 0.5) is 0 Å². The lowest BCUT2D eigenvalue weighted by Gasteiger charge is -2.08. The minimum absolute atomic E-state index is 0.0374. The lowest BCUT2D eigenvalue weighted by atomic mass is 10.1. The van der Waals surface area contributed by atoms with Crippen molar-refractivity contribution in [3.63, 3.8) is 0 Å². The van der Waals surface area contributed by atoms with Crippen LogP contribution >= 0.6 is 11.3 Å². The van der Waals surface area contributed by atoms with Crippen LogP contribution in [-0.2, 0) is 19.3 Å². The number of hydrogen-bond acceptors (Lipinski definition) is 4. The van der Waals surface area contributed by atoms with E-state index in [9.17, 15) is 9.90 Å². The fraction of sp³-hybridized carbons (Fsp3) is 0.250. The number of thiazole rings is 1. The van der Waals surface area contributed by atoms with E-state index in [1.165, 1.54) is 11.1 Å². The van der Waals surface area contributed by atoms with Crippen LogP contribution in [0, 0.1) is 0 Å². The summed E-state index contributed by atoms with van der Waals surface area (Å²) >= 11 is 1.04. The highest BCUT2D eigenvalue weighted by Crippen LogP contribution is 2.21. The smallest absolute Gasteiger partial charge is 0.307 e. The van der Waals surface area contributed by atoms with Gasteiger partial charge in [0.05, 0.1) is 11.5 Å². The molecule has 0 spiro atoms. The average Bonchev–Trinajstić information content (AvgIpc) is 2.94. The van der Waals surface area contributed by atoms with Crippen molar-refractivity contribution >= 4 is 11.3 Å². The third kappa shape index (κ3) is 4.73. The van der Waals surface area contributed by atoms with Crippen LogP contribution in [0.2, 0.25) is 0 Å². The molecule has 3 aromatic rings. The summed E-state index contributed by atoms with van der Waals surface area (Å²) in [5, 5.41) is 9.64. The Kier molecular flexibility index (Phi) is 5.56. The van der Waals surface area contributed by atoms with Gasteiger partial charge in [-0.1, -0.05) is 54.7 Å². The van der Waals surface area contributed by atoms with Gasteiger partial charge in [0, 0.05) is 12.8 Å². The fourth-order valence-electron chi connectivity index (χ4n) is 2.65. The molecule has 0 saturated carbocycles. The molecule has 2 N–H and O–H groups in total. The van der Waals surface area contributed by atoms with Crippen molar-refractivity contribution in [2.45, 2.75) is 26.2 Å². The van der Waals surface area contributed by atoms with Gasteiger partial charge in [0.1, 0.15) is 5.75 Å². The predicted molar refractivity (Wildman–Crippen MR) is 101 cm³/mol. The first kappa shape index (κ1) is 17.3. The van der Waals surface area contributed by atoms with Crippen LogP contribution in [-0.4, -0.2) is 16.7 Å². The monoisotopic (exact) mass is 355 g/mol. The number of H-pyrrole nitrogens is 1. The molecule has 3 rings (SSSR count). The minimum atomic E-state index is -0.236. The number of ether oxygens (including phenoxy) is 1. The zero-order valence-corrected chi connectivity index (χ0v) is 14.9. The van der Waals surface area contributed by atoms with Gasteiger partial charge in [-0.15, -0.1) is 0 Å². The molecule has 1 heterocycles. The van der Waals surface area contributed by atoms with Crippen molar-refractivity contribution in [2.24, 2.45) is 0 Å². The molecule has 130 valence electrons. The van der Waals surface area contributed by atoms with Gasteiger partial charge in [0.15, 0.2) is 0 Å². The van der Waals surface area contributed by atoms with Crippen LogP contribution in [0.1, 0.15) is 28.5 Å². The third-order valence-electron chi connectivity index (χ3n) is 4.05. The standard InChI is InChI=1S/C20H21NO3S/c1-2-14-4-3-5-15(12-14)10-11-24-17-8-6-16(7-9-17)13-18-19(22)21-20(23)25-18/h3-9,12,22H,2,10-11,13H2,1H3,(H,21,23). The van der Waals surface area contributed by atoms with Gasteiger partial charge >= 0.3 is 4.87 Å². The number of aromatic hydroxyl groups is 1. The molecule has 0 amide bonds. The largest absolute Gasteiger partial charge is 0.494 e. The highest BCUT2D eigenvalue weighted by atomic mass is 32.1. The fourth-order valence-corrected chi connectivity index (χ4v) is 3.41. The molecule has 0 fully saturated rings. The van der Waals surface area contributed by atoms with E-state index in [1.807, 2.05) is 24.3 Å². The van der Waals surface area contributed by atoms with Crippen LogP contribution in [0.5, 0.6) is 11.6 Å². The summed E-state index contributed by atoms with van der Waals surface area (Å²) in [5.41, 5.74) is 3.65. The normalized spacial score (nSPS) is 10.8. The van der Waals surface area contributed by atoms with Gasteiger partial charge in [-0.05, 0) is 35.2 Å². The number of aryl methyl sites for hydroxylation is 1. The Balaban J connectivity index is 1.53. The third-order valence-corrected chi connectivity index (χ3v) is 4.92. The van der Waals surface area contributed by atoms with Crippen LogP contribution in [0.25, 0.3) is 0 Å². The van der Waals surface area contributed by atoms with Gasteiger partial charge in [0.2, 0.25) is 5.88 Å². The van der Waals surface area contributed by atoms with Gasteiger partial charge in [-0.3, -0.25) is 9.78 Å². The second-order valence-corrected chi connectivity index (χ2v) is 6.95. The molecule has 0 saturated heterocycles. The van der Waals surface area contributed by atoms with Gasteiger partial charge in [0.25, 0.3) is 0 Å². The Morgan fingerprint density at radius 2 is 1.84 bits per heavy atom. The van der Waals surface area contributed by atoms with E-state index in [0.29, 0.717) is 17.9 Å². The molecule has 0 aliphatic carbocycles. The Labute approximate surface area is 150 Å². The van der Waals surface area contributed by atoms with E-state index in [-0.39, 0.29) is 10.8 Å². The van der Waals surface area contributed by atoms with E-state index < -0.39 is 0 Å². The molecule has 0 radical (unpaired) electrons. The topological polar surface area (TPSA) is 62.3 Å². The van der Waals surface area contributed by atoms with Crippen molar-refractivity contribution in [1.29, 1.82) is 0 Å². The molecule has 0 unspecified atom stereocenters. The second-order valence-electron chi connectivity index (χ2n) is 5.88. The number of benzene rings is 2. The van der Waals surface area contributed by atoms with Gasteiger partial charge in [-0.25, -0.2) is 0 Å². The van der Waals surface area contributed by atoms with Crippen LogP contribution < -0.4 is 9.61 Å². The zero-order valence-electron chi connectivity index (χ0n) is 14.1. The Morgan fingerprint density at radius 1 is 1.08 bits per heavy atom. The molecule has 0 atom stereocenters. The number of aromatic nitrogens is 1. The molecule has 0 bridgehead atoms. The summed E-state index contributed by atoms with van der Waals surface area (Å²) in [7, 11) is 0. The Morgan fingerprint density at radius 3 is 2.52 bits per heavy atom. The Hall–Kier alpha value is -2.53. The van der Waals surface area contributed by atoms with E-state index in [0.717, 1.165) is 35.5 Å². The molecule has 25 heavy (non-hydrogen) atoms. The average molecular weight is 355 g/mol. The van der Waals surface area contributed by atoms with Crippen molar-refractivity contribution in [3.05, 3.63) is 79.8 Å². The summed E-state index contributed by atoms with van der Waals surface area (Å²) in [4.78, 5) is 14.0. The number of nitrogens with one attached hydrogen (secondary N) is 1. The lowest BCUT2D eigenvalue weighted by Crippen LogP contribution is -2.01. The van der Waals surface area contributed by atoms with Crippen molar-refractivity contribution in [1.82, 2.24) is 4.98 Å². The quantitative estimate of drug-likeness (QED) is 0.675. The maximum absolute atomic E-state index is 11.2. The molecular formula is C20H21NO3S.